The number of pyridine rings is 1. The van der Waals surface area contributed by atoms with Gasteiger partial charge in [-0.15, -0.1) is 0 Å². The van der Waals surface area contributed by atoms with Crippen molar-refractivity contribution in [3.05, 3.63) is 27.5 Å². The van der Waals surface area contributed by atoms with Crippen LogP contribution in [-0.4, -0.2) is 4.98 Å². The van der Waals surface area contributed by atoms with Crippen LogP contribution in [0.15, 0.2) is 10.7 Å². The van der Waals surface area contributed by atoms with Gasteiger partial charge in [-0.25, -0.2) is 8.78 Å². The zero-order valence-electron chi connectivity index (χ0n) is 6.97. The maximum absolute atomic E-state index is 12.4. The number of hydrogen-bond acceptors (Lipinski definition) is 3. The second-order valence-corrected chi connectivity index (χ2v) is 3.26. The third-order valence-electron chi connectivity index (χ3n) is 1.66. The normalized spacial score (nSPS) is 10.3. The Hall–Kier alpha value is -1.06. The van der Waals surface area contributed by atoms with Crippen LogP contribution in [-0.2, 0) is 6.54 Å². The van der Waals surface area contributed by atoms with Crippen molar-refractivity contribution in [1.82, 2.24) is 4.98 Å². The molecule has 14 heavy (non-hydrogen) atoms. The van der Waals surface area contributed by atoms with Gasteiger partial charge in [-0.2, -0.15) is 5.26 Å². The van der Waals surface area contributed by atoms with Crippen LogP contribution in [0.5, 0.6) is 0 Å². The van der Waals surface area contributed by atoms with Gasteiger partial charge in [-0.3, -0.25) is 4.98 Å². The van der Waals surface area contributed by atoms with E-state index in [0.717, 1.165) is 6.20 Å². The SMILES string of the molecule is N#Cc1c(C(F)F)cnc(CN)c1Br. The molecule has 0 fully saturated rings. The molecule has 0 radical (unpaired) electrons. The highest BCUT2D eigenvalue weighted by molar-refractivity contribution is 9.10. The summed E-state index contributed by atoms with van der Waals surface area (Å²) in [5.41, 5.74) is 5.23. The summed E-state index contributed by atoms with van der Waals surface area (Å²) in [7, 11) is 0. The van der Waals surface area contributed by atoms with Crippen molar-refractivity contribution in [2.24, 2.45) is 5.73 Å². The van der Waals surface area contributed by atoms with Gasteiger partial charge in [-0.05, 0) is 15.9 Å². The van der Waals surface area contributed by atoms with E-state index in [1.54, 1.807) is 6.07 Å². The quantitative estimate of drug-likeness (QED) is 0.887. The molecule has 1 aromatic rings. The maximum atomic E-state index is 12.4. The van der Waals surface area contributed by atoms with E-state index >= 15 is 0 Å². The van der Waals surface area contributed by atoms with E-state index in [9.17, 15) is 8.78 Å². The molecule has 0 aliphatic heterocycles. The van der Waals surface area contributed by atoms with Crippen molar-refractivity contribution in [2.45, 2.75) is 13.0 Å². The number of nitrogens with zero attached hydrogens (tertiary/aromatic N) is 2. The highest BCUT2D eigenvalue weighted by atomic mass is 79.9. The standard InChI is InChI=1S/C8H6BrF2N3/c9-7-4(1-12)5(8(10)11)3-14-6(7)2-13/h3,8H,2,13H2. The van der Waals surface area contributed by atoms with Gasteiger partial charge in [0.15, 0.2) is 0 Å². The molecule has 74 valence electrons. The zero-order valence-corrected chi connectivity index (χ0v) is 8.55. The third kappa shape index (κ3) is 1.89. The van der Waals surface area contributed by atoms with Gasteiger partial charge in [0, 0.05) is 12.7 Å². The molecule has 0 aliphatic rings. The first-order chi connectivity index (χ1) is 6.61. The minimum atomic E-state index is -2.71. The summed E-state index contributed by atoms with van der Waals surface area (Å²) in [6, 6.07) is 1.70. The molecule has 0 saturated heterocycles. The van der Waals surface area contributed by atoms with Crippen LogP contribution < -0.4 is 5.73 Å². The van der Waals surface area contributed by atoms with E-state index in [0.29, 0.717) is 5.69 Å². The van der Waals surface area contributed by atoms with Crippen LogP contribution in [0, 0.1) is 11.3 Å². The molecular formula is C8H6BrF2N3. The van der Waals surface area contributed by atoms with Gasteiger partial charge < -0.3 is 5.73 Å². The van der Waals surface area contributed by atoms with E-state index in [4.69, 9.17) is 11.0 Å². The first-order valence-corrected chi connectivity index (χ1v) is 4.46. The molecule has 2 N–H and O–H groups in total. The van der Waals surface area contributed by atoms with E-state index < -0.39 is 6.43 Å². The summed E-state index contributed by atoms with van der Waals surface area (Å²) in [5.74, 6) is 0. The van der Waals surface area contributed by atoms with Crippen LogP contribution in [0.1, 0.15) is 23.2 Å². The highest BCUT2D eigenvalue weighted by Gasteiger charge is 2.18. The Morgan fingerprint density at radius 3 is 2.71 bits per heavy atom. The molecule has 1 heterocycles. The topological polar surface area (TPSA) is 62.7 Å². The third-order valence-corrected chi connectivity index (χ3v) is 2.52. The molecule has 0 aromatic carbocycles. The smallest absolute Gasteiger partial charge is 0.266 e. The van der Waals surface area contributed by atoms with E-state index in [-0.39, 0.29) is 22.1 Å². The Bertz CT molecular complexity index is 387. The van der Waals surface area contributed by atoms with Crippen LogP contribution >= 0.6 is 15.9 Å². The molecule has 0 atom stereocenters. The number of halogens is 3. The van der Waals surface area contributed by atoms with Crippen molar-refractivity contribution in [3.8, 4) is 6.07 Å². The van der Waals surface area contributed by atoms with Gasteiger partial charge in [0.25, 0.3) is 6.43 Å². The van der Waals surface area contributed by atoms with Crippen LogP contribution in [0.2, 0.25) is 0 Å². The van der Waals surface area contributed by atoms with Gasteiger partial charge >= 0.3 is 0 Å². The minimum Gasteiger partial charge on any atom is -0.325 e. The molecule has 1 aromatic heterocycles. The molecule has 0 aliphatic carbocycles. The van der Waals surface area contributed by atoms with E-state index in [1.165, 1.54) is 0 Å². The van der Waals surface area contributed by atoms with E-state index in [1.807, 2.05) is 0 Å². The van der Waals surface area contributed by atoms with Gasteiger partial charge in [0.05, 0.1) is 21.3 Å². The molecule has 0 unspecified atom stereocenters. The number of nitriles is 1. The summed E-state index contributed by atoms with van der Waals surface area (Å²) in [5, 5.41) is 8.69. The van der Waals surface area contributed by atoms with Crippen molar-refractivity contribution in [1.29, 1.82) is 5.26 Å². The fourth-order valence-corrected chi connectivity index (χ4v) is 1.54. The Kier molecular flexibility index (Phi) is 3.49. The minimum absolute atomic E-state index is 0.0960. The lowest BCUT2D eigenvalue weighted by Gasteiger charge is -2.07. The Morgan fingerprint density at radius 1 is 1.64 bits per heavy atom. The largest absolute Gasteiger partial charge is 0.325 e. The molecule has 6 heteroatoms. The molecule has 0 saturated carbocycles. The van der Waals surface area contributed by atoms with Crippen molar-refractivity contribution in [2.75, 3.05) is 0 Å². The number of hydrogen-bond donors (Lipinski definition) is 1. The van der Waals surface area contributed by atoms with Crippen LogP contribution in [0.3, 0.4) is 0 Å². The van der Waals surface area contributed by atoms with Gasteiger partial charge in [-0.1, -0.05) is 0 Å². The average Bonchev–Trinajstić information content (AvgIpc) is 2.17. The van der Waals surface area contributed by atoms with E-state index in [2.05, 4.69) is 20.9 Å². The number of aromatic nitrogens is 1. The summed E-state index contributed by atoms with van der Waals surface area (Å²) in [4.78, 5) is 3.72. The lowest BCUT2D eigenvalue weighted by molar-refractivity contribution is 0.150. The summed E-state index contributed by atoms with van der Waals surface area (Å²) >= 11 is 3.02. The molecule has 0 bridgehead atoms. The average molecular weight is 262 g/mol. The van der Waals surface area contributed by atoms with Crippen molar-refractivity contribution >= 4 is 15.9 Å². The Balaban J connectivity index is 3.38. The first kappa shape index (κ1) is 11.0. The predicted octanol–water partition coefficient (Wildman–Crippen LogP) is 2.11. The molecule has 0 spiro atoms. The monoisotopic (exact) mass is 261 g/mol. The highest BCUT2D eigenvalue weighted by Crippen LogP contribution is 2.28. The Morgan fingerprint density at radius 2 is 2.29 bits per heavy atom. The second kappa shape index (κ2) is 4.44. The molecule has 1 rings (SSSR count). The van der Waals surface area contributed by atoms with Gasteiger partial charge in [0.1, 0.15) is 6.07 Å². The lowest BCUT2D eigenvalue weighted by Crippen LogP contribution is -2.04. The zero-order chi connectivity index (χ0) is 10.7. The maximum Gasteiger partial charge on any atom is 0.266 e. The Labute approximate surface area is 87.7 Å². The van der Waals surface area contributed by atoms with Crippen molar-refractivity contribution < 1.29 is 8.78 Å². The molecular weight excluding hydrogens is 256 g/mol. The molecule has 3 nitrogen and oxygen atoms in total. The number of nitrogens with two attached hydrogens (primary N) is 1. The van der Waals surface area contributed by atoms with Gasteiger partial charge in [0.2, 0.25) is 0 Å². The van der Waals surface area contributed by atoms with Crippen LogP contribution in [0.4, 0.5) is 8.78 Å². The fourth-order valence-electron chi connectivity index (χ4n) is 0.961. The molecule has 0 amide bonds. The first-order valence-electron chi connectivity index (χ1n) is 3.67. The lowest BCUT2D eigenvalue weighted by atomic mass is 10.1. The fraction of sp³-hybridized carbons (Fsp3) is 0.250. The predicted molar refractivity (Wildman–Crippen MR) is 49.5 cm³/mol. The second-order valence-electron chi connectivity index (χ2n) is 2.47. The number of rotatable bonds is 2. The summed E-state index contributed by atoms with van der Waals surface area (Å²) in [6.07, 6.45) is -1.73. The summed E-state index contributed by atoms with van der Waals surface area (Å²) < 4.78 is 25.0. The van der Waals surface area contributed by atoms with Crippen LogP contribution in [0.25, 0.3) is 0 Å². The number of alkyl halides is 2. The summed E-state index contributed by atoms with van der Waals surface area (Å²) in [6.45, 7) is 0.0960. The van der Waals surface area contributed by atoms with Crippen molar-refractivity contribution in [3.63, 3.8) is 0 Å².